The van der Waals surface area contributed by atoms with E-state index in [1.54, 1.807) is 12.3 Å². The van der Waals surface area contributed by atoms with Crippen molar-refractivity contribution >= 4 is 38.6 Å². The predicted molar refractivity (Wildman–Crippen MR) is 137 cm³/mol. The molecule has 4 aromatic rings. The van der Waals surface area contributed by atoms with Crippen molar-refractivity contribution < 1.29 is 13.2 Å². The summed E-state index contributed by atoms with van der Waals surface area (Å²) in [5.74, 6) is 1.04. The third kappa shape index (κ3) is 5.35. The number of carbonyl (C=O) groups is 1. The van der Waals surface area contributed by atoms with E-state index >= 15 is 0 Å². The summed E-state index contributed by atoms with van der Waals surface area (Å²) >= 11 is 0. The zero-order chi connectivity index (χ0) is 26.2. The van der Waals surface area contributed by atoms with Crippen LogP contribution in [0.4, 0.5) is 11.6 Å². The summed E-state index contributed by atoms with van der Waals surface area (Å²) in [5.41, 5.74) is 0.336. The molecular weight excluding hydrogens is 496 g/mol. The van der Waals surface area contributed by atoms with Crippen LogP contribution in [-0.4, -0.2) is 49.6 Å². The van der Waals surface area contributed by atoms with Crippen LogP contribution in [0.25, 0.3) is 11.0 Å². The standard InChI is InChI=1S/C24H26N8O4S/c1-15(2)11-25-24-26-12-17-5-10-21(34)31(23(17)29-24)13-20(33)28-18-6-8-19(9-7-18)37(35,36)32-14-27-22(30-32)16-3-4-16/h5-10,12,14-16H,3-4,11,13H2,1-2H3,(H,28,33)(H,25,26,29). The molecule has 2 N–H and O–H groups in total. The Kier molecular flexibility index (Phi) is 6.46. The van der Waals surface area contributed by atoms with Gasteiger partial charge in [0, 0.05) is 35.8 Å². The maximum atomic E-state index is 12.9. The molecule has 1 fully saturated rings. The van der Waals surface area contributed by atoms with Gasteiger partial charge in [-0.3, -0.25) is 14.2 Å². The average molecular weight is 523 g/mol. The highest BCUT2D eigenvalue weighted by Crippen LogP contribution is 2.37. The highest BCUT2D eigenvalue weighted by atomic mass is 32.2. The molecule has 1 aliphatic carbocycles. The second-order valence-electron chi connectivity index (χ2n) is 9.33. The number of rotatable bonds is 9. The zero-order valence-corrected chi connectivity index (χ0v) is 21.1. The zero-order valence-electron chi connectivity index (χ0n) is 20.3. The fourth-order valence-corrected chi connectivity index (χ4v) is 4.73. The van der Waals surface area contributed by atoms with Crippen molar-refractivity contribution in [1.29, 1.82) is 0 Å². The van der Waals surface area contributed by atoms with E-state index < -0.39 is 15.9 Å². The monoisotopic (exact) mass is 522 g/mol. The molecule has 1 aliphatic rings. The number of hydrogen-bond acceptors (Lipinski definition) is 9. The molecule has 192 valence electrons. The first kappa shape index (κ1) is 24.6. The smallest absolute Gasteiger partial charge is 0.284 e. The van der Waals surface area contributed by atoms with Crippen molar-refractivity contribution in [2.24, 2.45) is 5.92 Å². The van der Waals surface area contributed by atoms with Crippen molar-refractivity contribution in [2.45, 2.75) is 44.0 Å². The Morgan fingerprint density at radius 1 is 1.11 bits per heavy atom. The van der Waals surface area contributed by atoms with Gasteiger partial charge in [0.15, 0.2) is 5.82 Å². The summed E-state index contributed by atoms with van der Waals surface area (Å²) in [6.45, 7) is 4.48. The van der Waals surface area contributed by atoms with Crippen LogP contribution in [0, 0.1) is 5.92 Å². The third-order valence-corrected chi connectivity index (χ3v) is 7.34. The lowest BCUT2D eigenvalue weighted by atomic mass is 10.2. The van der Waals surface area contributed by atoms with E-state index in [2.05, 4.69) is 44.5 Å². The van der Waals surface area contributed by atoms with Gasteiger partial charge in [-0.05, 0) is 49.1 Å². The van der Waals surface area contributed by atoms with Crippen molar-refractivity contribution in [3.8, 4) is 0 Å². The first-order chi connectivity index (χ1) is 17.7. The van der Waals surface area contributed by atoms with E-state index in [0.717, 1.165) is 16.9 Å². The second kappa shape index (κ2) is 9.73. The van der Waals surface area contributed by atoms with Crippen LogP contribution >= 0.6 is 0 Å². The predicted octanol–water partition coefficient (Wildman–Crippen LogP) is 2.20. The lowest BCUT2D eigenvalue weighted by molar-refractivity contribution is -0.116. The number of benzene rings is 1. The minimum absolute atomic E-state index is 0.0149. The van der Waals surface area contributed by atoms with Gasteiger partial charge < -0.3 is 10.6 Å². The summed E-state index contributed by atoms with van der Waals surface area (Å²) in [4.78, 5) is 38.1. The highest BCUT2D eigenvalue weighted by Gasteiger charge is 2.29. The fourth-order valence-electron chi connectivity index (χ4n) is 3.67. The maximum absolute atomic E-state index is 12.9. The van der Waals surface area contributed by atoms with Crippen molar-refractivity contribution in [2.75, 3.05) is 17.2 Å². The Balaban J connectivity index is 1.31. The highest BCUT2D eigenvalue weighted by molar-refractivity contribution is 7.89. The first-order valence-electron chi connectivity index (χ1n) is 11.9. The quantitative estimate of drug-likeness (QED) is 0.337. The second-order valence-corrected chi connectivity index (χ2v) is 11.1. The molecular formula is C24H26N8O4S. The minimum Gasteiger partial charge on any atom is -0.354 e. The summed E-state index contributed by atoms with van der Waals surface area (Å²) in [6.07, 6.45) is 4.73. The first-order valence-corrected chi connectivity index (χ1v) is 13.3. The van der Waals surface area contributed by atoms with Crippen LogP contribution in [0.3, 0.4) is 0 Å². The fraction of sp³-hybridized carbons (Fsp3) is 0.333. The number of carbonyl (C=O) groups excluding carboxylic acids is 1. The molecule has 12 nitrogen and oxygen atoms in total. The minimum atomic E-state index is -3.90. The molecule has 0 aliphatic heterocycles. The number of anilines is 2. The Hall–Kier alpha value is -4.13. The van der Waals surface area contributed by atoms with Crippen molar-refractivity contribution in [1.82, 2.24) is 28.7 Å². The van der Waals surface area contributed by atoms with E-state index in [-0.39, 0.29) is 22.9 Å². The van der Waals surface area contributed by atoms with E-state index in [1.165, 1.54) is 41.2 Å². The van der Waals surface area contributed by atoms with Crippen LogP contribution in [0.5, 0.6) is 0 Å². The maximum Gasteiger partial charge on any atom is 0.284 e. The Morgan fingerprint density at radius 2 is 1.86 bits per heavy atom. The number of amides is 1. The van der Waals surface area contributed by atoms with Crippen LogP contribution < -0.4 is 16.2 Å². The largest absolute Gasteiger partial charge is 0.354 e. The molecule has 3 heterocycles. The molecule has 0 unspecified atom stereocenters. The van der Waals surface area contributed by atoms with Gasteiger partial charge >= 0.3 is 0 Å². The molecule has 1 aromatic carbocycles. The lowest BCUT2D eigenvalue weighted by Crippen LogP contribution is -2.28. The summed E-state index contributed by atoms with van der Waals surface area (Å²) < 4.78 is 27.9. The third-order valence-electron chi connectivity index (χ3n) is 5.81. The number of fused-ring (bicyclic) bond motifs is 1. The summed E-state index contributed by atoms with van der Waals surface area (Å²) in [6, 6.07) is 8.69. The van der Waals surface area contributed by atoms with Gasteiger partial charge in [0.1, 0.15) is 18.5 Å². The van der Waals surface area contributed by atoms with Gasteiger partial charge in [-0.15, -0.1) is 9.19 Å². The van der Waals surface area contributed by atoms with Gasteiger partial charge in [-0.2, -0.15) is 13.4 Å². The Labute approximate surface area is 212 Å². The Morgan fingerprint density at radius 3 is 2.57 bits per heavy atom. The molecule has 0 saturated heterocycles. The van der Waals surface area contributed by atoms with Gasteiger partial charge in [-0.1, -0.05) is 13.8 Å². The Bertz CT molecular complexity index is 1620. The van der Waals surface area contributed by atoms with Crippen LogP contribution in [0.15, 0.2) is 58.6 Å². The van der Waals surface area contributed by atoms with E-state index in [4.69, 9.17) is 0 Å². The van der Waals surface area contributed by atoms with Gasteiger partial charge in [0.2, 0.25) is 11.9 Å². The van der Waals surface area contributed by atoms with E-state index in [1.807, 2.05) is 0 Å². The van der Waals surface area contributed by atoms with Crippen LogP contribution in [0.2, 0.25) is 0 Å². The number of nitrogens with one attached hydrogen (secondary N) is 2. The van der Waals surface area contributed by atoms with Gasteiger partial charge in [0.25, 0.3) is 15.6 Å². The van der Waals surface area contributed by atoms with Crippen molar-refractivity contribution in [3.05, 3.63) is 65.1 Å². The van der Waals surface area contributed by atoms with Crippen LogP contribution in [-0.2, 0) is 21.4 Å². The summed E-state index contributed by atoms with van der Waals surface area (Å²) in [5, 5.41) is 10.5. The van der Waals surface area contributed by atoms with Gasteiger partial charge in [0.05, 0.1) is 4.90 Å². The van der Waals surface area contributed by atoms with Gasteiger partial charge in [-0.25, -0.2) is 9.97 Å². The molecule has 0 atom stereocenters. The summed E-state index contributed by atoms with van der Waals surface area (Å²) in [7, 11) is -3.90. The molecule has 1 amide bonds. The van der Waals surface area contributed by atoms with E-state index in [9.17, 15) is 18.0 Å². The molecule has 0 bridgehead atoms. The normalized spacial score (nSPS) is 13.7. The molecule has 0 spiro atoms. The topological polar surface area (TPSA) is 154 Å². The molecule has 37 heavy (non-hydrogen) atoms. The lowest BCUT2D eigenvalue weighted by Gasteiger charge is -2.12. The number of pyridine rings is 1. The number of nitrogens with zero attached hydrogens (tertiary/aromatic N) is 6. The molecule has 5 rings (SSSR count). The molecule has 13 heteroatoms. The average Bonchev–Trinajstić information content (AvgIpc) is 3.60. The number of aromatic nitrogens is 6. The number of hydrogen-bond donors (Lipinski definition) is 2. The molecule has 0 radical (unpaired) electrons. The van der Waals surface area contributed by atoms with Crippen LogP contribution in [0.1, 0.15) is 38.4 Å². The molecule has 1 saturated carbocycles. The SMILES string of the molecule is CC(C)CNc1ncc2ccc(=O)n(CC(=O)Nc3ccc(S(=O)(=O)n4cnc(C5CC5)n4)cc3)c2n1. The van der Waals surface area contributed by atoms with Crippen molar-refractivity contribution in [3.63, 3.8) is 0 Å². The molecule has 3 aromatic heterocycles. The van der Waals surface area contributed by atoms with E-state index in [0.29, 0.717) is 41.0 Å².